The van der Waals surface area contributed by atoms with Crippen molar-refractivity contribution in [3.63, 3.8) is 0 Å². The van der Waals surface area contributed by atoms with Gasteiger partial charge < -0.3 is 30.6 Å². The lowest BCUT2D eigenvalue weighted by atomic mass is 9.88. The van der Waals surface area contributed by atoms with Gasteiger partial charge in [0.1, 0.15) is 6.10 Å². The molecule has 6 N–H and O–H groups in total. The minimum Gasteiger partial charge on any atom is -0.479 e. The van der Waals surface area contributed by atoms with Crippen LogP contribution in [0.15, 0.2) is 46.6 Å². The van der Waals surface area contributed by atoms with Crippen LogP contribution in [0.25, 0.3) is 0 Å². The van der Waals surface area contributed by atoms with Crippen molar-refractivity contribution in [1.82, 2.24) is 0 Å². The molecule has 0 saturated heterocycles. The average molecular weight is 455 g/mol. The highest BCUT2D eigenvalue weighted by atomic mass is 16.4. The van der Waals surface area contributed by atoms with Crippen molar-refractivity contribution >= 4 is 5.97 Å². The number of hydrogen-bond donors (Lipinski definition) is 6. The Kier molecular flexibility index (Phi) is 12.9. The Morgan fingerprint density at radius 2 is 0.844 bits per heavy atom. The maximum atomic E-state index is 10.8. The van der Waals surface area contributed by atoms with Crippen molar-refractivity contribution in [3.8, 4) is 0 Å². The largest absolute Gasteiger partial charge is 0.479 e. The number of hydrogen-bond acceptors (Lipinski definition) is 6. The summed E-state index contributed by atoms with van der Waals surface area (Å²) >= 11 is 0. The molecule has 32 heavy (non-hydrogen) atoms. The molecule has 0 spiro atoms. The number of rotatable bonds is 12. The Balaban J connectivity index is 5.35. The van der Waals surface area contributed by atoms with Crippen molar-refractivity contribution in [2.45, 2.75) is 85.9 Å². The Labute approximate surface area is 192 Å². The SMILES string of the molecule is C/C=C(\C)C(O)C(C)/C=C(\C)C(O)C(C)/C=C(\C)C(O)C(C)/C=C(\C)C(O)C(O)C(=O)O. The van der Waals surface area contributed by atoms with Crippen molar-refractivity contribution in [2.75, 3.05) is 0 Å². The van der Waals surface area contributed by atoms with Gasteiger partial charge in [-0.25, -0.2) is 4.79 Å². The molecule has 0 saturated carbocycles. The van der Waals surface area contributed by atoms with E-state index in [0.29, 0.717) is 5.57 Å². The third-order valence-corrected chi connectivity index (χ3v) is 5.94. The molecule has 7 heteroatoms. The maximum absolute atomic E-state index is 10.8. The number of carbonyl (C=O) groups is 1. The van der Waals surface area contributed by atoms with Gasteiger partial charge in [-0.05, 0) is 56.9 Å². The Morgan fingerprint density at radius 1 is 0.562 bits per heavy atom. The van der Waals surface area contributed by atoms with Gasteiger partial charge in [-0.3, -0.25) is 0 Å². The molecule has 8 unspecified atom stereocenters. The van der Waals surface area contributed by atoms with Gasteiger partial charge in [0.05, 0.1) is 18.3 Å². The van der Waals surface area contributed by atoms with Gasteiger partial charge in [0.15, 0.2) is 6.10 Å². The predicted molar refractivity (Wildman–Crippen MR) is 126 cm³/mol. The van der Waals surface area contributed by atoms with Crippen LogP contribution in [0.5, 0.6) is 0 Å². The zero-order valence-electron chi connectivity index (χ0n) is 20.5. The first kappa shape index (κ1) is 30.2. The van der Waals surface area contributed by atoms with Gasteiger partial charge in [0.2, 0.25) is 0 Å². The lowest BCUT2D eigenvalue weighted by molar-refractivity contribution is -0.151. The van der Waals surface area contributed by atoms with Crippen LogP contribution in [-0.2, 0) is 4.79 Å². The van der Waals surface area contributed by atoms with Crippen LogP contribution >= 0.6 is 0 Å². The number of aliphatic hydroxyl groups excluding tert-OH is 5. The van der Waals surface area contributed by atoms with Gasteiger partial charge in [-0.1, -0.05) is 45.1 Å². The molecule has 7 nitrogen and oxygen atoms in total. The van der Waals surface area contributed by atoms with Gasteiger partial charge in [-0.2, -0.15) is 0 Å². The van der Waals surface area contributed by atoms with E-state index < -0.39 is 42.4 Å². The third kappa shape index (κ3) is 9.00. The summed E-state index contributed by atoms with van der Waals surface area (Å²) in [5.41, 5.74) is 2.45. The average Bonchev–Trinajstić information content (AvgIpc) is 2.74. The van der Waals surface area contributed by atoms with Gasteiger partial charge in [0, 0.05) is 17.8 Å². The van der Waals surface area contributed by atoms with Crippen molar-refractivity contribution in [1.29, 1.82) is 0 Å². The number of aliphatic carboxylic acids is 1. The van der Waals surface area contributed by atoms with E-state index in [-0.39, 0.29) is 17.4 Å². The monoisotopic (exact) mass is 454 g/mol. The molecule has 0 radical (unpaired) electrons. The standard InChI is InChI=1S/C25H42O7/c1-9-13(2)20(26)14(3)10-15(4)21(27)16(5)11-17(6)22(28)18(7)12-19(8)23(29)24(30)25(31)32/h9-12,14,16,18,20-24,26-30H,1-8H3,(H,31,32)/b13-9+,15-10+,17-11+,19-12+. The second-order valence-corrected chi connectivity index (χ2v) is 8.90. The fourth-order valence-electron chi connectivity index (χ4n) is 3.61. The molecular formula is C25H42O7. The Hall–Kier alpha value is -1.77. The van der Waals surface area contributed by atoms with E-state index in [4.69, 9.17) is 5.11 Å². The Morgan fingerprint density at radius 3 is 1.12 bits per heavy atom. The minimum absolute atomic E-state index is 0.163. The van der Waals surface area contributed by atoms with Crippen molar-refractivity contribution in [3.05, 3.63) is 46.6 Å². The first-order valence-electron chi connectivity index (χ1n) is 11.0. The van der Waals surface area contributed by atoms with E-state index in [9.17, 15) is 30.3 Å². The summed E-state index contributed by atoms with van der Waals surface area (Å²) in [5.74, 6) is -2.44. The number of carboxylic acid groups (broad SMARTS) is 1. The maximum Gasteiger partial charge on any atom is 0.335 e. The summed E-state index contributed by atoms with van der Waals surface area (Å²) in [6.45, 7) is 14.2. The molecule has 0 aliphatic rings. The summed E-state index contributed by atoms with van der Waals surface area (Å²) in [5, 5.41) is 59.8. The van der Waals surface area contributed by atoms with E-state index in [1.54, 1.807) is 26.8 Å². The molecule has 0 heterocycles. The summed E-state index contributed by atoms with van der Waals surface area (Å²) in [6.07, 6.45) is 1.16. The molecule has 8 atom stereocenters. The van der Waals surface area contributed by atoms with Crippen LogP contribution < -0.4 is 0 Å². The highest BCUT2D eigenvalue weighted by molar-refractivity contribution is 5.73. The van der Waals surface area contributed by atoms with E-state index in [1.165, 1.54) is 13.0 Å². The van der Waals surface area contributed by atoms with Gasteiger partial charge in [0.25, 0.3) is 0 Å². The second-order valence-electron chi connectivity index (χ2n) is 8.90. The highest BCUT2D eigenvalue weighted by Gasteiger charge is 2.26. The highest BCUT2D eigenvalue weighted by Crippen LogP contribution is 2.23. The van der Waals surface area contributed by atoms with Crippen LogP contribution in [0.1, 0.15) is 55.4 Å². The van der Waals surface area contributed by atoms with Crippen LogP contribution in [0.2, 0.25) is 0 Å². The van der Waals surface area contributed by atoms with Crippen LogP contribution in [-0.4, -0.2) is 67.1 Å². The molecule has 0 rings (SSSR count). The van der Waals surface area contributed by atoms with E-state index in [2.05, 4.69) is 0 Å². The van der Waals surface area contributed by atoms with Crippen LogP contribution in [0.3, 0.4) is 0 Å². The molecular weight excluding hydrogens is 412 g/mol. The summed E-state index contributed by atoms with van der Waals surface area (Å²) < 4.78 is 0. The molecule has 0 aliphatic carbocycles. The molecule has 0 bridgehead atoms. The number of allylic oxidation sites excluding steroid dienone is 1. The third-order valence-electron chi connectivity index (χ3n) is 5.94. The number of carboxylic acids is 1. The lowest BCUT2D eigenvalue weighted by Crippen LogP contribution is -2.35. The molecule has 0 aromatic rings. The summed E-state index contributed by atoms with van der Waals surface area (Å²) in [4.78, 5) is 10.8. The van der Waals surface area contributed by atoms with Gasteiger partial charge in [-0.15, -0.1) is 0 Å². The predicted octanol–water partition coefficient (Wildman–Crippen LogP) is 2.59. The van der Waals surface area contributed by atoms with Gasteiger partial charge >= 0.3 is 5.97 Å². The first-order valence-corrected chi connectivity index (χ1v) is 11.0. The lowest BCUT2D eigenvalue weighted by Gasteiger charge is -2.24. The fourth-order valence-corrected chi connectivity index (χ4v) is 3.61. The zero-order chi connectivity index (χ0) is 25.3. The Bertz CT molecular complexity index is 735. The molecule has 0 aromatic carbocycles. The fraction of sp³-hybridized carbons (Fsp3) is 0.640. The normalized spacial score (nSPS) is 21.9. The number of aliphatic hydroxyl groups is 5. The summed E-state index contributed by atoms with van der Waals surface area (Å²) in [7, 11) is 0. The molecule has 0 amide bonds. The van der Waals surface area contributed by atoms with E-state index >= 15 is 0 Å². The van der Waals surface area contributed by atoms with Crippen LogP contribution in [0.4, 0.5) is 0 Å². The molecule has 0 aliphatic heterocycles. The first-order chi connectivity index (χ1) is 14.6. The molecule has 0 aromatic heterocycles. The topological polar surface area (TPSA) is 138 Å². The minimum atomic E-state index is -1.94. The van der Waals surface area contributed by atoms with Crippen LogP contribution in [0, 0.1) is 17.8 Å². The van der Waals surface area contributed by atoms with E-state index in [0.717, 1.165) is 11.1 Å². The van der Waals surface area contributed by atoms with Crippen molar-refractivity contribution < 1.29 is 35.4 Å². The zero-order valence-corrected chi connectivity index (χ0v) is 20.5. The smallest absolute Gasteiger partial charge is 0.335 e. The second kappa shape index (κ2) is 13.7. The van der Waals surface area contributed by atoms with Crippen molar-refractivity contribution in [2.24, 2.45) is 17.8 Å². The summed E-state index contributed by atoms with van der Waals surface area (Å²) in [6, 6.07) is 0. The molecule has 184 valence electrons. The quantitative estimate of drug-likeness (QED) is 0.249. The molecule has 0 fully saturated rings. The van der Waals surface area contributed by atoms with E-state index in [1.807, 2.05) is 39.8 Å².